The van der Waals surface area contributed by atoms with Crippen LogP contribution in [0, 0.1) is 0 Å². The lowest BCUT2D eigenvalue weighted by Crippen LogP contribution is -2.28. The van der Waals surface area contributed by atoms with Crippen molar-refractivity contribution in [1.82, 2.24) is 20.3 Å². The van der Waals surface area contributed by atoms with Crippen LogP contribution in [-0.2, 0) is 6.54 Å². The van der Waals surface area contributed by atoms with Gasteiger partial charge >= 0.3 is 0 Å². The number of benzene rings is 1. The van der Waals surface area contributed by atoms with Gasteiger partial charge in [0.2, 0.25) is 5.43 Å². The number of amides is 1. The normalized spacial score (nSPS) is 10.6. The van der Waals surface area contributed by atoms with E-state index >= 15 is 0 Å². The lowest BCUT2D eigenvalue weighted by Gasteiger charge is -2.04. The molecule has 20 heavy (non-hydrogen) atoms. The van der Waals surface area contributed by atoms with E-state index in [0.29, 0.717) is 16.7 Å². The van der Waals surface area contributed by atoms with E-state index in [4.69, 9.17) is 0 Å². The third-order valence-electron chi connectivity index (χ3n) is 3.00. The fourth-order valence-electron chi connectivity index (χ4n) is 1.99. The summed E-state index contributed by atoms with van der Waals surface area (Å²) in [6.07, 6.45) is 4.71. The topological polar surface area (TPSA) is 90.6 Å². The van der Waals surface area contributed by atoms with Crippen LogP contribution in [0.2, 0.25) is 0 Å². The van der Waals surface area contributed by atoms with Crippen LogP contribution in [0.4, 0.5) is 0 Å². The predicted octanol–water partition coefficient (Wildman–Crippen LogP) is 1.18. The number of aromatic nitrogens is 3. The van der Waals surface area contributed by atoms with Gasteiger partial charge in [-0.3, -0.25) is 9.59 Å². The number of H-pyrrole nitrogens is 2. The first-order valence-electron chi connectivity index (χ1n) is 6.12. The van der Waals surface area contributed by atoms with Crippen molar-refractivity contribution in [2.24, 2.45) is 0 Å². The van der Waals surface area contributed by atoms with E-state index < -0.39 is 5.91 Å². The van der Waals surface area contributed by atoms with Crippen molar-refractivity contribution in [3.8, 4) is 0 Å². The van der Waals surface area contributed by atoms with Gasteiger partial charge in [0.15, 0.2) is 0 Å². The van der Waals surface area contributed by atoms with Crippen molar-refractivity contribution in [3.63, 3.8) is 0 Å². The number of hydrogen-bond acceptors (Lipinski definition) is 3. The summed E-state index contributed by atoms with van der Waals surface area (Å²) in [4.78, 5) is 34.1. The largest absolute Gasteiger partial charge is 0.360 e. The molecule has 3 aromatic rings. The van der Waals surface area contributed by atoms with Gasteiger partial charge in [-0.15, -0.1) is 0 Å². The number of nitrogens with zero attached hydrogens (tertiary/aromatic N) is 1. The molecule has 1 aromatic carbocycles. The van der Waals surface area contributed by atoms with Gasteiger partial charge in [-0.1, -0.05) is 12.1 Å². The zero-order valence-corrected chi connectivity index (χ0v) is 10.5. The SMILES string of the molecule is O=C(NCc1ncc[nH]1)c1c[nH]c2ccccc2c1=O. The Morgan fingerprint density at radius 2 is 2.10 bits per heavy atom. The Kier molecular flexibility index (Phi) is 3.04. The Labute approximate surface area is 113 Å². The molecule has 2 heterocycles. The smallest absolute Gasteiger partial charge is 0.257 e. The number of para-hydroxylation sites is 1. The van der Waals surface area contributed by atoms with E-state index in [9.17, 15) is 9.59 Å². The Bertz CT molecular complexity index is 805. The van der Waals surface area contributed by atoms with Gasteiger partial charge in [0.1, 0.15) is 11.4 Å². The molecule has 0 unspecified atom stereocenters. The summed E-state index contributed by atoms with van der Waals surface area (Å²) in [6.45, 7) is 0.248. The van der Waals surface area contributed by atoms with E-state index in [1.54, 1.807) is 30.6 Å². The van der Waals surface area contributed by atoms with Gasteiger partial charge in [-0.05, 0) is 12.1 Å². The molecule has 6 nitrogen and oxygen atoms in total. The minimum absolute atomic E-state index is 0.0928. The molecule has 0 aliphatic rings. The Morgan fingerprint density at radius 1 is 1.25 bits per heavy atom. The van der Waals surface area contributed by atoms with Gasteiger partial charge in [-0.2, -0.15) is 0 Å². The maximum Gasteiger partial charge on any atom is 0.257 e. The Balaban J connectivity index is 1.88. The molecule has 100 valence electrons. The zero-order valence-electron chi connectivity index (χ0n) is 10.5. The van der Waals surface area contributed by atoms with Crippen molar-refractivity contribution in [3.05, 3.63) is 64.5 Å². The van der Waals surface area contributed by atoms with E-state index in [2.05, 4.69) is 20.3 Å². The van der Waals surface area contributed by atoms with Crippen LogP contribution < -0.4 is 10.7 Å². The highest BCUT2D eigenvalue weighted by Gasteiger charge is 2.12. The lowest BCUT2D eigenvalue weighted by atomic mass is 10.1. The summed E-state index contributed by atoms with van der Waals surface area (Å²) in [7, 11) is 0. The highest BCUT2D eigenvalue weighted by Crippen LogP contribution is 2.06. The number of rotatable bonds is 3. The molecule has 3 N–H and O–H groups in total. The summed E-state index contributed by atoms with van der Waals surface area (Å²) in [6, 6.07) is 7.08. The molecule has 0 bridgehead atoms. The monoisotopic (exact) mass is 268 g/mol. The van der Waals surface area contributed by atoms with Crippen molar-refractivity contribution in [2.45, 2.75) is 6.54 Å². The van der Waals surface area contributed by atoms with Crippen molar-refractivity contribution < 1.29 is 4.79 Å². The number of pyridine rings is 1. The standard InChI is InChI=1S/C14H12N4O2/c19-13-9-3-1-2-4-11(9)17-7-10(13)14(20)18-8-12-15-5-6-16-12/h1-7H,8H2,(H,15,16)(H,17,19)(H,18,20). The van der Waals surface area contributed by atoms with Gasteiger partial charge < -0.3 is 15.3 Å². The second kappa shape index (κ2) is 5.00. The number of carbonyl (C=O) groups is 1. The van der Waals surface area contributed by atoms with Crippen molar-refractivity contribution >= 4 is 16.8 Å². The molecule has 0 aliphatic carbocycles. The summed E-state index contributed by atoms with van der Waals surface area (Å²) in [5.74, 6) is 0.212. The lowest BCUT2D eigenvalue weighted by molar-refractivity contribution is 0.0949. The first-order chi connectivity index (χ1) is 9.75. The van der Waals surface area contributed by atoms with Crippen LogP contribution in [0.1, 0.15) is 16.2 Å². The number of aromatic amines is 2. The first kappa shape index (κ1) is 12.2. The van der Waals surface area contributed by atoms with E-state index in [0.717, 1.165) is 0 Å². The van der Waals surface area contributed by atoms with E-state index in [-0.39, 0.29) is 17.5 Å². The van der Waals surface area contributed by atoms with Crippen molar-refractivity contribution in [1.29, 1.82) is 0 Å². The number of fused-ring (bicyclic) bond motifs is 1. The molecule has 0 saturated carbocycles. The van der Waals surface area contributed by atoms with Crippen LogP contribution in [0.25, 0.3) is 10.9 Å². The first-order valence-corrected chi connectivity index (χ1v) is 6.12. The molecule has 1 amide bonds. The van der Waals surface area contributed by atoms with Gasteiger partial charge in [0.25, 0.3) is 5.91 Å². The molecule has 6 heteroatoms. The summed E-state index contributed by atoms with van der Waals surface area (Å²) >= 11 is 0. The van der Waals surface area contributed by atoms with Gasteiger partial charge in [0.05, 0.1) is 6.54 Å². The molecule has 0 aliphatic heterocycles. The number of hydrogen-bond donors (Lipinski definition) is 3. The predicted molar refractivity (Wildman–Crippen MR) is 74.3 cm³/mol. The summed E-state index contributed by atoms with van der Waals surface area (Å²) in [5, 5.41) is 3.15. The second-order valence-corrected chi connectivity index (χ2v) is 4.30. The minimum Gasteiger partial charge on any atom is -0.360 e. The summed E-state index contributed by atoms with van der Waals surface area (Å²) < 4.78 is 0. The molecule has 0 atom stereocenters. The minimum atomic E-state index is -0.423. The third kappa shape index (κ3) is 2.18. The molecule has 0 saturated heterocycles. The molecule has 0 spiro atoms. The van der Waals surface area contributed by atoms with Crippen LogP contribution in [0.3, 0.4) is 0 Å². The second-order valence-electron chi connectivity index (χ2n) is 4.30. The molecule has 3 rings (SSSR count). The average Bonchev–Trinajstić information content (AvgIpc) is 2.99. The van der Waals surface area contributed by atoms with E-state index in [1.807, 2.05) is 6.07 Å². The molecule has 0 fully saturated rings. The van der Waals surface area contributed by atoms with Gasteiger partial charge in [0, 0.05) is 29.5 Å². The summed E-state index contributed by atoms with van der Waals surface area (Å²) in [5.41, 5.74) is 0.520. The molecule has 0 radical (unpaired) electrons. The average molecular weight is 268 g/mol. The fourth-order valence-corrected chi connectivity index (χ4v) is 1.99. The Hall–Kier alpha value is -2.89. The number of nitrogens with one attached hydrogen (secondary N) is 3. The third-order valence-corrected chi connectivity index (χ3v) is 3.00. The number of carbonyl (C=O) groups excluding carboxylic acids is 1. The highest BCUT2D eigenvalue weighted by molar-refractivity contribution is 5.96. The molecule has 2 aromatic heterocycles. The van der Waals surface area contributed by atoms with Crippen LogP contribution in [-0.4, -0.2) is 20.9 Å². The fraction of sp³-hybridized carbons (Fsp3) is 0.0714. The molecular formula is C14H12N4O2. The molecular weight excluding hydrogens is 256 g/mol. The quantitative estimate of drug-likeness (QED) is 0.666. The van der Waals surface area contributed by atoms with Gasteiger partial charge in [-0.25, -0.2) is 4.98 Å². The maximum atomic E-state index is 12.2. The van der Waals surface area contributed by atoms with Crippen LogP contribution in [0.5, 0.6) is 0 Å². The van der Waals surface area contributed by atoms with Crippen LogP contribution >= 0.6 is 0 Å². The van der Waals surface area contributed by atoms with E-state index in [1.165, 1.54) is 6.20 Å². The highest BCUT2D eigenvalue weighted by atomic mass is 16.2. The van der Waals surface area contributed by atoms with Crippen LogP contribution in [0.15, 0.2) is 47.7 Å². The van der Waals surface area contributed by atoms with Crippen molar-refractivity contribution in [2.75, 3.05) is 0 Å². The maximum absolute atomic E-state index is 12.2. The Morgan fingerprint density at radius 3 is 2.90 bits per heavy atom. The number of imidazole rings is 1. The zero-order chi connectivity index (χ0) is 13.9.